The lowest BCUT2D eigenvalue weighted by molar-refractivity contribution is -0.317. The Morgan fingerprint density at radius 3 is 2.68 bits per heavy atom. The molecule has 0 radical (unpaired) electrons. The quantitative estimate of drug-likeness (QED) is 0.213. The fraction of sp³-hybridized carbons (Fsp3) is 0.481. The maximum atomic E-state index is 12.9. The van der Waals surface area contributed by atoms with E-state index in [4.69, 9.17) is 9.72 Å². The number of thiazole rings is 1. The van der Waals surface area contributed by atoms with Crippen molar-refractivity contribution in [1.29, 1.82) is 0 Å². The molecule has 0 saturated carbocycles. The van der Waals surface area contributed by atoms with Gasteiger partial charge in [-0.05, 0) is 68.3 Å². The molecule has 206 valence electrons. The van der Waals surface area contributed by atoms with Gasteiger partial charge in [0.05, 0.1) is 23.4 Å². The van der Waals surface area contributed by atoms with E-state index in [-0.39, 0.29) is 19.2 Å². The molecule has 2 aromatic carbocycles. The second-order valence-corrected chi connectivity index (χ2v) is 10.7. The molecule has 11 heteroatoms. The molecule has 4 atom stereocenters. The Morgan fingerprint density at radius 2 is 1.95 bits per heavy atom. The first-order valence-electron chi connectivity index (χ1n) is 12.8. The van der Waals surface area contributed by atoms with Crippen LogP contribution in [-0.2, 0) is 4.74 Å². The molecule has 6 N–H and O–H groups in total. The number of hydrogen-bond acceptors (Lipinski definition) is 9. The molecule has 1 aliphatic heterocycles. The lowest BCUT2D eigenvalue weighted by Crippen LogP contribution is -2.64. The molecule has 1 aromatic heterocycles. The summed E-state index contributed by atoms with van der Waals surface area (Å²) in [6.45, 7) is 5.19. The van der Waals surface area contributed by atoms with Gasteiger partial charge in [-0.1, -0.05) is 13.0 Å². The lowest BCUT2D eigenvalue weighted by atomic mass is 9.97. The van der Waals surface area contributed by atoms with E-state index >= 15 is 0 Å². The molecule has 1 fully saturated rings. The van der Waals surface area contributed by atoms with Gasteiger partial charge < -0.3 is 40.7 Å². The van der Waals surface area contributed by atoms with Gasteiger partial charge in [0.15, 0.2) is 0 Å². The normalized spacial score (nSPS) is 23.5. The largest absolute Gasteiger partial charge is 0.388 e. The molecule has 38 heavy (non-hydrogen) atoms. The second-order valence-electron chi connectivity index (χ2n) is 9.67. The second kappa shape index (κ2) is 12.5. The molecule has 0 spiro atoms. The molecule has 0 bridgehead atoms. The Morgan fingerprint density at radius 1 is 1.18 bits per heavy atom. The van der Waals surface area contributed by atoms with Crippen LogP contribution >= 0.6 is 11.3 Å². The van der Waals surface area contributed by atoms with Crippen molar-refractivity contribution in [2.45, 2.75) is 50.8 Å². The number of aliphatic hydroxyl groups excluding tert-OH is 3. The van der Waals surface area contributed by atoms with Crippen LogP contribution in [-0.4, -0.2) is 93.2 Å². The molecule has 2 amide bonds. The van der Waals surface area contributed by atoms with Gasteiger partial charge in [0.25, 0.3) is 0 Å². The molecule has 10 nitrogen and oxygen atoms in total. The molecule has 1 saturated heterocycles. The summed E-state index contributed by atoms with van der Waals surface area (Å²) >= 11 is 1.64. The van der Waals surface area contributed by atoms with E-state index in [2.05, 4.69) is 29.7 Å². The fourth-order valence-electron chi connectivity index (χ4n) is 4.35. The summed E-state index contributed by atoms with van der Waals surface area (Å²) in [5.74, 6) is -1.99. The summed E-state index contributed by atoms with van der Waals surface area (Å²) in [5.41, 5.74) is 3.87. The summed E-state index contributed by atoms with van der Waals surface area (Å²) in [6.07, 6.45) is -2.97. The summed E-state index contributed by atoms with van der Waals surface area (Å²) in [7, 11) is 0. The molecule has 3 aromatic rings. The number of hydrogen-bond donors (Lipinski definition) is 6. The zero-order chi connectivity index (χ0) is 27.3. The van der Waals surface area contributed by atoms with Crippen molar-refractivity contribution in [3.05, 3.63) is 48.0 Å². The minimum atomic E-state index is -1.99. The van der Waals surface area contributed by atoms with Crippen LogP contribution in [0.4, 0.5) is 10.5 Å². The van der Waals surface area contributed by atoms with Gasteiger partial charge in [0.1, 0.15) is 23.3 Å². The Balaban J connectivity index is 1.26. The first kappa shape index (κ1) is 28.4. The highest BCUT2D eigenvalue weighted by molar-refractivity contribution is 7.21. The molecule has 2 heterocycles. The van der Waals surface area contributed by atoms with Gasteiger partial charge in [-0.15, -0.1) is 11.3 Å². The number of rotatable bonds is 10. The maximum Gasteiger partial charge on any atom is 0.321 e. The molecule has 0 aliphatic carbocycles. The third-order valence-corrected chi connectivity index (χ3v) is 7.62. The molecular weight excluding hydrogens is 508 g/mol. The summed E-state index contributed by atoms with van der Waals surface area (Å²) < 4.78 is 6.29. The first-order valence-corrected chi connectivity index (χ1v) is 13.7. The van der Waals surface area contributed by atoms with Crippen LogP contribution in [0.5, 0.6) is 0 Å². The Kier molecular flexibility index (Phi) is 9.32. The maximum absolute atomic E-state index is 12.9. The van der Waals surface area contributed by atoms with E-state index in [0.29, 0.717) is 31.7 Å². The zero-order valence-corrected chi connectivity index (χ0v) is 22.4. The van der Waals surface area contributed by atoms with E-state index in [0.717, 1.165) is 27.2 Å². The van der Waals surface area contributed by atoms with Crippen molar-refractivity contribution in [2.75, 3.05) is 38.1 Å². The van der Waals surface area contributed by atoms with Gasteiger partial charge in [-0.25, -0.2) is 9.78 Å². The molecule has 4 rings (SSSR count). The number of aryl methyl sites for hydroxylation is 1. The number of urea groups is 1. The molecule has 4 unspecified atom stereocenters. The van der Waals surface area contributed by atoms with Crippen molar-refractivity contribution in [3.8, 4) is 10.6 Å². The predicted octanol–water partition coefficient (Wildman–Crippen LogP) is 2.30. The number of amides is 2. The Hall–Kier alpha value is -2.64. The van der Waals surface area contributed by atoms with Crippen LogP contribution in [0, 0.1) is 6.92 Å². The number of ether oxygens (including phenoxy) is 1. The SMILES string of the molecule is CCCN(CCCNCC1(O)OCC(O)C(O)C1O)C(=O)Nc1ccc(-c2nc3ccc(C)cc3s2)cc1. The van der Waals surface area contributed by atoms with E-state index < -0.39 is 24.1 Å². The Bertz CT molecular complexity index is 1220. The number of benzene rings is 2. The smallest absolute Gasteiger partial charge is 0.321 e. The van der Waals surface area contributed by atoms with Gasteiger partial charge in [-0.2, -0.15) is 0 Å². The van der Waals surface area contributed by atoms with Crippen LogP contribution < -0.4 is 10.6 Å². The van der Waals surface area contributed by atoms with Gasteiger partial charge in [0, 0.05) is 24.3 Å². The van der Waals surface area contributed by atoms with Crippen LogP contribution in [0.25, 0.3) is 20.8 Å². The van der Waals surface area contributed by atoms with Crippen LogP contribution in [0.3, 0.4) is 0 Å². The molecule has 1 aliphatic rings. The summed E-state index contributed by atoms with van der Waals surface area (Å²) in [6, 6.07) is 13.7. The van der Waals surface area contributed by atoms with Gasteiger partial charge >= 0.3 is 6.03 Å². The number of carbonyl (C=O) groups excluding carboxylic acids is 1. The minimum absolute atomic E-state index is 0.126. The van der Waals surface area contributed by atoms with Crippen molar-refractivity contribution < 1.29 is 30.0 Å². The predicted molar refractivity (Wildman–Crippen MR) is 147 cm³/mol. The van der Waals surface area contributed by atoms with Crippen molar-refractivity contribution >= 4 is 33.3 Å². The number of aromatic nitrogens is 1. The van der Waals surface area contributed by atoms with E-state index in [1.54, 1.807) is 16.2 Å². The van der Waals surface area contributed by atoms with Crippen LogP contribution in [0.2, 0.25) is 0 Å². The highest BCUT2D eigenvalue weighted by Gasteiger charge is 2.48. The van der Waals surface area contributed by atoms with Crippen LogP contribution in [0.15, 0.2) is 42.5 Å². The van der Waals surface area contributed by atoms with Crippen molar-refractivity contribution in [3.63, 3.8) is 0 Å². The van der Waals surface area contributed by atoms with Gasteiger partial charge in [-0.3, -0.25) is 0 Å². The van der Waals surface area contributed by atoms with Crippen molar-refractivity contribution in [2.24, 2.45) is 0 Å². The monoisotopic (exact) mass is 544 g/mol. The van der Waals surface area contributed by atoms with Crippen LogP contribution in [0.1, 0.15) is 25.3 Å². The van der Waals surface area contributed by atoms with E-state index in [1.165, 1.54) is 5.56 Å². The number of anilines is 1. The zero-order valence-electron chi connectivity index (χ0n) is 21.6. The average Bonchev–Trinajstić information content (AvgIpc) is 3.33. The standard InChI is InChI=1S/C27H36N4O6S/c1-3-12-31(13-4-11-28-16-27(36)24(34)23(33)21(32)15-37-27)26(35)29-19-8-6-18(7-9-19)25-30-20-10-5-17(2)14-22(20)38-25/h5-10,14,21,23-24,28,32-34,36H,3-4,11-13,15-16H2,1-2H3,(H,29,35). The highest BCUT2D eigenvalue weighted by Crippen LogP contribution is 2.31. The number of aliphatic hydroxyl groups is 4. The minimum Gasteiger partial charge on any atom is -0.388 e. The van der Waals surface area contributed by atoms with Crippen molar-refractivity contribution in [1.82, 2.24) is 15.2 Å². The average molecular weight is 545 g/mol. The number of carbonyl (C=O) groups is 1. The number of nitrogens with zero attached hydrogens (tertiary/aromatic N) is 2. The third kappa shape index (κ3) is 6.67. The van der Waals surface area contributed by atoms with Gasteiger partial charge in [0.2, 0.25) is 5.79 Å². The number of fused-ring (bicyclic) bond motifs is 1. The highest BCUT2D eigenvalue weighted by atomic mass is 32.1. The first-order chi connectivity index (χ1) is 18.2. The molecular formula is C27H36N4O6S. The summed E-state index contributed by atoms with van der Waals surface area (Å²) in [5, 5.41) is 46.7. The third-order valence-electron chi connectivity index (χ3n) is 6.55. The van der Waals surface area contributed by atoms with E-state index in [1.807, 2.05) is 37.3 Å². The Labute approximate surface area is 225 Å². The fourth-order valence-corrected chi connectivity index (χ4v) is 5.42. The topological polar surface area (TPSA) is 147 Å². The van der Waals surface area contributed by atoms with E-state index in [9.17, 15) is 25.2 Å². The number of nitrogens with one attached hydrogen (secondary N) is 2. The lowest BCUT2D eigenvalue weighted by Gasteiger charge is -2.41. The summed E-state index contributed by atoms with van der Waals surface area (Å²) in [4.78, 5) is 19.4.